The number of hydrogen-bond acceptors (Lipinski definition) is 1. The van der Waals surface area contributed by atoms with Gasteiger partial charge in [0.1, 0.15) is 0 Å². The van der Waals surface area contributed by atoms with E-state index in [4.69, 9.17) is 0 Å². The average molecular weight is 153 g/mol. The molecule has 1 rings (SSSR count). The number of hydrogen-bond donors (Lipinski definition) is 0. The number of rotatable bonds is 1. The Hall–Kier alpha value is -0.460. The minimum Gasteiger partial charge on any atom is -0.375 e. The Kier molecular flexibility index (Phi) is 2.26. The van der Waals surface area contributed by atoms with Gasteiger partial charge in [0.2, 0.25) is 0 Å². The van der Waals surface area contributed by atoms with E-state index in [-0.39, 0.29) is 0 Å². The van der Waals surface area contributed by atoms with Gasteiger partial charge in [0, 0.05) is 18.8 Å². The Bertz CT molecular complexity index is 158. The van der Waals surface area contributed by atoms with Crippen LogP contribution in [0.5, 0.6) is 0 Å². The van der Waals surface area contributed by atoms with Crippen molar-refractivity contribution in [3.8, 4) is 0 Å². The molecule has 0 aromatic rings. The largest absolute Gasteiger partial charge is 0.375 e. The highest BCUT2D eigenvalue weighted by molar-refractivity contribution is 4.93. The highest BCUT2D eigenvalue weighted by Gasteiger charge is 2.25. The monoisotopic (exact) mass is 153 g/mol. The van der Waals surface area contributed by atoms with E-state index in [9.17, 15) is 0 Å². The zero-order valence-electron chi connectivity index (χ0n) is 7.98. The van der Waals surface area contributed by atoms with E-state index in [2.05, 4.69) is 32.3 Å². The van der Waals surface area contributed by atoms with Gasteiger partial charge in [0.15, 0.2) is 0 Å². The zero-order valence-corrected chi connectivity index (χ0v) is 7.98. The molecule has 0 radical (unpaired) electrons. The number of likely N-dealkylation sites (tertiary alicyclic amines) is 1. The van der Waals surface area contributed by atoms with Gasteiger partial charge in [-0.25, -0.2) is 0 Å². The van der Waals surface area contributed by atoms with Crippen LogP contribution in [0.4, 0.5) is 0 Å². The van der Waals surface area contributed by atoms with Crippen LogP contribution in [-0.4, -0.2) is 18.0 Å². The fourth-order valence-corrected chi connectivity index (χ4v) is 1.75. The summed E-state index contributed by atoms with van der Waals surface area (Å²) in [6, 6.07) is 0. The smallest absolute Gasteiger partial charge is 0.0225 e. The Labute approximate surface area is 70.1 Å². The topological polar surface area (TPSA) is 3.24 Å². The van der Waals surface area contributed by atoms with Crippen LogP contribution in [0.1, 0.15) is 33.6 Å². The van der Waals surface area contributed by atoms with Crippen molar-refractivity contribution in [3.63, 3.8) is 0 Å². The van der Waals surface area contributed by atoms with Crippen LogP contribution in [0.2, 0.25) is 0 Å². The summed E-state index contributed by atoms with van der Waals surface area (Å²) in [6.45, 7) is 13.1. The minimum atomic E-state index is 0.497. The summed E-state index contributed by atoms with van der Waals surface area (Å²) in [7, 11) is 0. The van der Waals surface area contributed by atoms with Gasteiger partial charge in [0.05, 0.1) is 0 Å². The molecule has 11 heavy (non-hydrogen) atoms. The van der Waals surface area contributed by atoms with Gasteiger partial charge in [-0.15, -0.1) is 0 Å². The molecule has 1 aliphatic heterocycles. The lowest BCUT2D eigenvalue weighted by molar-refractivity contribution is 0.150. The van der Waals surface area contributed by atoms with E-state index in [1.165, 1.54) is 31.6 Å². The maximum Gasteiger partial charge on any atom is 0.0225 e. The van der Waals surface area contributed by atoms with Crippen molar-refractivity contribution in [2.24, 2.45) is 5.41 Å². The van der Waals surface area contributed by atoms with Crippen LogP contribution in [0.25, 0.3) is 0 Å². The molecule has 0 N–H and O–H groups in total. The molecule has 0 bridgehead atoms. The SMILES string of the molecule is C=C(C)N1CCCC(C)(C)C1. The first-order chi connectivity index (χ1) is 5.01. The molecule has 1 fully saturated rings. The van der Waals surface area contributed by atoms with Crippen molar-refractivity contribution >= 4 is 0 Å². The third kappa shape index (κ3) is 2.25. The second-order valence-corrected chi connectivity index (χ2v) is 4.42. The summed E-state index contributed by atoms with van der Waals surface area (Å²) < 4.78 is 0. The van der Waals surface area contributed by atoms with Crippen molar-refractivity contribution in [3.05, 3.63) is 12.3 Å². The quantitative estimate of drug-likeness (QED) is 0.560. The maximum atomic E-state index is 3.97. The predicted octanol–water partition coefficient (Wildman–Crippen LogP) is 2.64. The van der Waals surface area contributed by atoms with Gasteiger partial charge in [0.25, 0.3) is 0 Å². The predicted molar refractivity (Wildman–Crippen MR) is 49.4 cm³/mol. The molecule has 1 aliphatic rings. The highest BCUT2D eigenvalue weighted by atomic mass is 15.1. The van der Waals surface area contributed by atoms with Crippen molar-refractivity contribution in [2.75, 3.05) is 13.1 Å². The Morgan fingerprint density at radius 1 is 1.45 bits per heavy atom. The maximum absolute atomic E-state index is 3.97. The molecule has 0 unspecified atom stereocenters. The first kappa shape index (κ1) is 8.63. The molecule has 64 valence electrons. The molecule has 0 atom stereocenters. The van der Waals surface area contributed by atoms with Crippen molar-refractivity contribution in [1.82, 2.24) is 4.90 Å². The molecule has 1 nitrogen and oxygen atoms in total. The molecule has 0 aromatic heterocycles. The summed E-state index contributed by atoms with van der Waals surface area (Å²) in [5.41, 5.74) is 1.72. The molecule has 0 aromatic carbocycles. The molecule has 0 aliphatic carbocycles. The fourth-order valence-electron chi connectivity index (χ4n) is 1.75. The van der Waals surface area contributed by atoms with Crippen LogP contribution < -0.4 is 0 Å². The lowest BCUT2D eigenvalue weighted by Gasteiger charge is -2.39. The lowest BCUT2D eigenvalue weighted by atomic mass is 9.84. The first-order valence-corrected chi connectivity index (χ1v) is 4.42. The first-order valence-electron chi connectivity index (χ1n) is 4.42. The van der Waals surface area contributed by atoms with Crippen LogP contribution in [0.3, 0.4) is 0 Å². The van der Waals surface area contributed by atoms with Gasteiger partial charge in [-0.3, -0.25) is 0 Å². The third-order valence-electron chi connectivity index (χ3n) is 2.44. The standard InChI is InChI=1S/C10H19N/c1-9(2)11-7-5-6-10(3,4)8-11/h1,5-8H2,2-4H3. The third-order valence-corrected chi connectivity index (χ3v) is 2.44. The fraction of sp³-hybridized carbons (Fsp3) is 0.800. The number of allylic oxidation sites excluding steroid dienone is 1. The highest BCUT2D eigenvalue weighted by Crippen LogP contribution is 2.29. The van der Waals surface area contributed by atoms with E-state index in [0.29, 0.717) is 5.41 Å². The van der Waals surface area contributed by atoms with Gasteiger partial charge in [-0.2, -0.15) is 0 Å². The van der Waals surface area contributed by atoms with Crippen LogP contribution in [0, 0.1) is 5.41 Å². The summed E-state index contributed by atoms with van der Waals surface area (Å²) in [5.74, 6) is 0. The molecule has 0 amide bonds. The van der Waals surface area contributed by atoms with Crippen molar-refractivity contribution < 1.29 is 0 Å². The van der Waals surface area contributed by atoms with E-state index in [1.54, 1.807) is 0 Å². The van der Waals surface area contributed by atoms with E-state index in [0.717, 1.165) is 0 Å². The molecule has 0 spiro atoms. The van der Waals surface area contributed by atoms with Crippen LogP contribution in [-0.2, 0) is 0 Å². The van der Waals surface area contributed by atoms with Crippen LogP contribution in [0.15, 0.2) is 12.3 Å². The Morgan fingerprint density at radius 2 is 2.09 bits per heavy atom. The molecule has 1 heteroatoms. The van der Waals surface area contributed by atoms with Gasteiger partial charge < -0.3 is 4.90 Å². The zero-order chi connectivity index (χ0) is 8.48. The van der Waals surface area contributed by atoms with E-state index >= 15 is 0 Å². The molecule has 0 saturated carbocycles. The molecule has 1 heterocycles. The van der Waals surface area contributed by atoms with E-state index in [1.807, 2.05) is 0 Å². The average Bonchev–Trinajstić information content (AvgIpc) is 1.85. The van der Waals surface area contributed by atoms with Gasteiger partial charge in [-0.05, 0) is 25.2 Å². The summed E-state index contributed by atoms with van der Waals surface area (Å²) in [4.78, 5) is 2.39. The Morgan fingerprint density at radius 3 is 2.45 bits per heavy atom. The van der Waals surface area contributed by atoms with Gasteiger partial charge in [-0.1, -0.05) is 20.4 Å². The second kappa shape index (κ2) is 2.88. The summed E-state index contributed by atoms with van der Waals surface area (Å²) >= 11 is 0. The number of piperidine rings is 1. The van der Waals surface area contributed by atoms with Crippen LogP contribution >= 0.6 is 0 Å². The number of nitrogens with zero attached hydrogens (tertiary/aromatic N) is 1. The van der Waals surface area contributed by atoms with Crippen molar-refractivity contribution in [2.45, 2.75) is 33.6 Å². The molecular weight excluding hydrogens is 134 g/mol. The van der Waals surface area contributed by atoms with Crippen molar-refractivity contribution in [1.29, 1.82) is 0 Å². The molecular formula is C10H19N. The normalized spacial score (nSPS) is 23.4. The minimum absolute atomic E-state index is 0.497. The second-order valence-electron chi connectivity index (χ2n) is 4.42. The molecule has 1 saturated heterocycles. The van der Waals surface area contributed by atoms with Gasteiger partial charge >= 0.3 is 0 Å². The summed E-state index contributed by atoms with van der Waals surface area (Å²) in [5, 5.41) is 0. The van der Waals surface area contributed by atoms with E-state index < -0.39 is 0 Å². The Balaban J connectivity index is 2.53. The summed E-state index contributed by atoms with van der Waals surface area (Å²) in [6.07, 6.45) is 2.68. The lowest BCUT2D eigenvalue weighted by Crippen LogP contribution is -2.38.